The molecule has 3 heterocycles. The lowest BCUT2D eigenvalue weighted by molar-refractivity contribution is -0.137. The highest BCUT2D eigenvalue weighted by molar-refractivity contribution is 5.83. The first-order valence-corrected chi connectivity index (χ1v) is 9.15. The summed E-state index contributed by atoms with van der Waals surface area (Å²) in [5.41, 5.74) is 7.84. The number of hydrogen-bond acceptors (Lipinski definition) is 3. The van der Waals surface area contributed by atoms with E-state index in [4.69, 9.17) is 10.2 Å². The molecule has 0 saturated heterocycles. The Hall–Kier alpha value is -2.69. The maximum absolute atomic E-state index is 10.8. The Morgan fingerprint density at radius 1 is 1.19 bits per heavy atom. The lowest BCUT2D eigenvalue weighted by atomic mass is 9.95. The monoisotopic (exact) mass is 351 g/mol. The number of aromatic nitrogens is 3. The Balaban J connectivity index is 2.11. The molecule has 26 heavy (non-hydrogen) atoms. The van der Waals surface area contributed by atoms with Crippen LogP contribution in [0.15, 0.2) is 30.6 Å². The first-order chi connectivity index (χ1) is 12.5. The molecule has 0 saturated carbocycles. The Morgan fingerprint density at radius 3 is 2.69 bits per heavy atom. The number of carboxylic acid groups (broad SMARTS) is 1. The Bertz CT molecular complexity index is 944. The summed E-state index contributed by atoms with van der Waals surface area (Å²) in [5.74, 6) is -0.738. The number of hydrogen-bond donors (Lipinski definition) is 1. The molecule has 0 aliphatic heterocycles. The van der Waals surface area contributed by atoms with Crippen molar-refractivity contribution in [3.05, 3.63) is 53.1 Å². The highest BCUT2D eigenvalue weighted by atomic mass is 16.4. The molecule has 136 valence electrons. The van der Waals surface area contributed by atoms with E-state index in [0.717, 1.165) is 41.6 Å². The second-order valence-electron chi connectivity index (χ2n) is 6.77. The number of fused-ring (bicyclic) bond motifs is 1. The van der Waals surface area contributed by atoms with Crippen molar-refractivity contribution < 1.29 is 9.90 Å². The predicted molar refractivity (Wildman–Crippen MR) is 102 cm³/mol. The van der Waals surface area contributed by atoms with Gasteiger partial charge in [-0.05, 0) is 68.9 Å². The van der Waals surface area contributed by atoms with Crippen LogP contribution in [0.3, 0.4) is 0 Å². The first-order valence-electron chi connectivity index (χ1n) is 9.15. The van der Waals surface area contributed by atoms with Crippen molar-refractivity contribution in [1.82, 2.24) is 14.6 Å². The van der Waals surface area contributed by atoms with E-state index in [-0.39, 0.29) is 6.42 Å². The topological polar surface area (TPSA) is 67.5 Å². The van der Waals surface area contributed by atoms with Crippen LogP contribution in [-0.2, 0) is 17.6 Å². The van der Waals surface area contributed by atoms with Gasteiger partial charge in [0.25, 0.3) is 0 Å². The summed E-state index contributed by atoms with van der Waals surface area (Å²) in [7, 11) is 0. The molecule has 0 aromatic carbocycles. The van der Waals surface area contributed by atoms with Crippen LogP contribution in [0, 0.1) is 13.8 Å². The van der Waals surface area contributed by atoms with Crippen molar-refractivity contribution in [2.24, 2.45) is 0 Å². The third kappa shape index (κ3) is 3.62. The van der Waals surface area contributed by atoms with E-state index in [2.05, 4.69) is 30.1 Å². The lowest BCUT2D eigenvalue weighted by Crippen LogP contribution is -2.06. The number of carbonyl (C=O) groups is 1. The molecule has 0 bridgehead atoms. The number of aliphatic carboxylic acids is 1. The first kappa shape index (κ1) is 18.1. The molecule has 1 N–H and O–H groups in total. The standard InChI is InChI=1S/C21H25N3O2/c1-4-17-9-10-19-21(16-11-14(2)12-22-13-16)18(15(3)23-24(17)19)7-5-6-8-20(25)26/h9-13H,4-8H2,1-3H3,(H,25,26). The molecule has 3 rings (SSSR count). The zero-order valence-electron chi connectivity index (χ0n) is 15.6. The van der Waals surface area contributed by atoms with Crippen molar-refractivity contribution in [1.29, 1.82) is 0 Å². The Labute approximate surface area is 153 Å². The van der Waals surface area contributed by atoms with Crippen LogP contribution >= 0.6 is 0 Å². The molecule has 0 fully saturated rings. The molecular weight excluding hydrogens is 326 g/mol. The molecule has 0 spiro atoms. The van der Waals surface area contributed by atoms with E-state index >= 15 is 0 Å². The van der Waals surface area contributed by atoms with Gasteiger partial charge in [-0.1, -0.05) is 6.92 Å². The van der Waals surface area contributed by atoms with E-state index in [9.17, 15) is 4.79 Å². The quantitative estimate of drug-likeness (QED) is 0.642. The molecule has 3 aromatic rings. The second-order valence-corrected chi connectivity index (χ2v) is 6.77. The minimum Gasteiger partial charge on any atom is -0.481 e. The van der Waals surface area contributed by atoms with Gasteiger partial charge in [-0.15, -0.1) is 0 Å². The smallest absolute Gasteiger partial charge is 0.303 e. The van der Waals surface area contributed by atoms with Crippen LogP contribution in [0.25, 0.3) is 16.6 Å². The van der Waals surface area contributed by atoms with Gasteiger partial charge < -0.3 is 5.11 Å². The van der Waals surface area contributed by atoms with Gasteiger partial charge in [0.2, 0.25) is 0 Å². The highest BCUT2D eigenvalue weighted by Crippen LogP contribution is 2.32. The maximum atomic E-state index is 10.8. The molecule has 5 heteroatoms. The third-order valence-corrected chi connectivity index (χ3v) is 4.77. The normalized spacial score (nSPS) is 11.2. The summed E-state index contributed by atoms with van der Waals surface area (Å²) >= 11 is 0. The van der Waals surface area contributed by atoms with Crippen molar-refractivity contribution in [3.63, 3.8) is 0 Å². The summed E-state index contributed by atoms with van der Waals surface area (Å²) in [4.78, 5) is 15.2. The van der Waals surface area contributed by atoms with Gasteiger partial charge in [-0.2, -0.15) is 5.10 Å². The lowest BCUT2D eigenvalue weighted by Gasteiger charge is -2.16. The number of rotatable bonds is 7. The van der Waals surface area contributed by atoms with Crippen LogP contribution < -0.4 is 0 Å². The Kier molecular flexibility index (Phi) is 5.35. The van der Waals surface area contributed by atoms with Gasteiger partial charge >= 0.3 is 5.97 Å². The molecule has 0 aliphatic carbocycles. The zero-order chi connectivity index (χ0) is 18.7. The van der Waals surface area contributed by atoms with Crippen molar-refractivity contribution in [2.45, 2.75) is 52.9 Å². The molecule has 0 radical (unpaired) electrons. The van der Waals surface area contributed by atoms with E-state index < -0.39 is 5.97 Å². The number of carboxylic acids is 1. The van der Waals surface area contributed by atoms with Crippen LogP contribution in [0.1, 0.15) is 48.7 Å². The van der Waals surface area contributed by atoms with E-state index in [1.165, 1.54) is 16.8 Å². The minimum absolute atomic E-state index is 0.209. The molecular formula is C21H25N3O2. The Morgan fingerprint density at radius 2 is 2.00 bits per heavy atom. The van der Waals surface area contributed by atoms with Crippen molar-refractivity contribution in [2.75, 3.05) is 0 Å². The zero-order valence-corrected chi connectivity index (χ0v) is 15.6. The molecule has 0 unspecified atom stereocenters. The maximum Gasteiger partial charge on any atom is 0.303 e. The second kappa shape index (κ2) is 7.68. The molecule has 0 aliphatic rings. The van der Waals surface area contributed by atoms with Gasteiger partial charge in [0, 0.05) is 35.6 Å². The van der Waals surface area contributed by atoms with Gasteiger partial charge in [-0.25, -0.2) is 4.52 Å². The van der Waals surface area contributed by atoms with E-state index in [1.807, 2.05) is 30.8 Å². The summed E-state index contributed by atoms with van der Waals surface area (Å²) in [6.45, 7) is 6.22. The number of nitrogens with zero attached hydrogens (tertiary/aromatic N) is 3. The minimum atomic E-state index is -0.738. The molecule has 0 atom stereocenters. The number of unbranched alkanes of at least 4 members (excludes halogenated alkanes) is 1. The van der Waals surface area contributed by atoms with Gasteiger partial charge in [0.15, 0.2) is 0 Å². The summed E-state index contributed by atoms with van der Waals surface area (Å²) in [6, 6.07) is 6.41. The molecule has 0 amide bonds. The van der Waals surface area contributed by atoms with Crippen molar-refractivity contribution >= 4 is 11.5 Å². The molecule has 3 aromatic heterocycles. The number of aryl methyl sites for hydroxylation is 3. The van der Waals surface area contributed by atoms with Gasteiger partial charge in [-0.3, -0.25) is 9.78 Å². The van der Waals surface area contributed by atoms with Crippen LogP contribution in [0.5, 0.6) is 0 Å². The summed E-state index contributed by atoms with van der Waals surface area (Å²) in [5, 5.41) is 13.7. The fourth-order valence-corrected chi connectivity index (χ4v) is 3.49. The molecule has 5 nitrogen and oxygen atoms in total. The van der Waals surface area contributed by atoms with Crippen LogP contribution in [-0.4, -0.2) is 25.7 Å². The average Bonchev–Trinajstić information content (AvgIpc) is 3.00. The SMILES string of the molecule is CCc1ccc2c(-c3cncc(C)c3)c(CCCCC(=O)O)c(C)nn12. The number of pyridine rings is 1. The van der Waals surface area contributed by atoms with Gasteiger partial charge in [0.1, 0.15) is 0 Å². The fraction of sp³-hybridized carbons (Fsp3) is 0.381. The predicted octanol–water partition coefficient (Wildman–Crippen LogP) is 4.37. The summed E-state index contributed by atoms with van der Waals surface area (Å²) in [6.07, 6.45) is 7.22. The van der Waals surface area contributed by atoms with Gasteiger partial charge in [0.05, 0.1) is 11.2 Å². The van der Waals surface area contributed by atoms with E-state index in [0.29, 0.717) is 6.42 Å². The largest absolute Gasteiger partial charge is 0.481 e. The highest BCUT2D eigenvalue weighted by Gasteiger charge is 2.17. The fourth-order valence-electron chi connectivity index (χ4n) is 3.49. The average molecular weight is 351 g/mol. The van der Waals surface area contributed by atoms with Crippen LogP contribution in [0.4, 0.5) is 0 Å². The van der Waals surface area contributed by atoms with Crippen molar-refractivity contribution in [3.8, 4) is 11.1 Å². The third-order valence-electron chi connectivity index (χ3n) is 4.77. The summed E-state index contributed by atoms with van der Waals surface area (Å²) < 4.78 is 2.04. The van der Waals surface area contributed by atoms with Crippen LogP contribution in [0.2, 0.25) is 0 Å². The van der Waals surface area contributed by atoms with E-state index in [1.54, 1.807) is 0 Å².